The molecule has 3 saturated heterocycles. The molecular formula is C21H29N3O4S. The summed E-state index contributed by atoms with van der Waals surface area (Å²) in [5.41, 5.74) is 0.739. The maximum Gasteiger partial charge on any atom is 0.243 e. The van der Waals surface area contributed by atoms with E-state index in [2.05, 4.69) is 0 Å². The predicted octanol–water partition coefficient (Wildman–Crippen LogP) is 2.23. The molecule has 0 unspecified atom stereocenters. The Labute approximate surface area is 172 Å². The Morgan fingerprint density at radius 1 is 0.897 bits per heavy atom. The van der Waals surface area contributed by atoms with E-state index in [0.29, 0.717) is 25.9 Å². The molecule has 4 rings (SSSR count). The van der Waals surface area contributed by atoms with Crippen molar-refractivity contribution in [1.29, 1.82) is 0 Å². The van der Waals surface area contributed by atoms with Crippen molar-refractivity contribution in [3.8, 4) is 0 Å². The van der Waals surface area contributed by atoms with Crippen LogP contribution >= 0.6 is 0 Å². The number of amides is 2. The van der Waals surface area contributed by atoms with E-state index in [4.69, 9.17) is 0 Å². The lowest BCUT2D eigenvalue weighted by Gasteiger charge is -2.35. The highest BCUT2D eigenvalue weighted by molar-refractivity contribution is 7.89. The molecule has 0 saturated carbocycles. The first-order valence-corrected chi connectivity index (χ1v) is 12.1. The Kier molecular flexibility index (Phi) is 5.92. The minimum absolute atomic E-state index is 0.0794. The van der Waals surface area contributed by atoms with Gasteiger partial charge in [-0.25, -0.2) is 8.42 Å². The van der Waals surface area contributed by atoms with Crippen molar-refractivity contribution in [2.45, 2.75) is 49.8 Å². The highest BCUT2D eigenvalue weighted by Crippen LogP contribution is 2.28. The Morgan fingerprint density at radius 2 is 1.62 bits per heavy atom. The number of likely N-dealkylation sites (tertiary alicyclic amines) is 1. The fraction of sp³-hybridized carbons (Fsp3) is 0.619. The Morgan fingerprint density at radius 3 is 2.28 bits per heavy atom. The zero-order chi connectivity index (χ0) is 20.4. The maximum atomic E-state index is 13.1. The summed E-state index contributed by atoms with van der Waals surface area (Å²) in [5.74, 6) is -0.0682. The van der Waals surface area contributed by atoms with Gasteiger partial charge in [0.05, 0.1) is 10.8 Å². The molecule has 1 atom stereocenters. The van der Waals surface area contributed by atoms with Crippen LogP contribution in [0, 0.1) is 5.92 Å². The second-order valence-corrected chi connectivity index (χ2v) is 10.2. The van der Waals surface area contributed by atoms with E-state index in [-0.39, 0.29) is 29.2 Å². The van der Waals surface area contributed by atoms with E-state index in [9.17, 15) is 18.0 Å². The average molecular weight is 420 g/mol. The molecule has 158 valence electrons. The van der Waals surface area contributed by atoms with Crippen LogP contribution in [0.1, 0.15) is 44.9 Å². The third kappa shape index (κ3) is 4.19. The quantitative estimate of drug-likeness (QED) is 0.750. The first-order chi connectivity index (χ1) is 14.0. The molecule has 8 heteroatoms. The van der Waals surface area contributed by atoms with Crippen molar-refractivity contribution in [3.63, 3.8) is 0 Å². The predicted molar refractivity (Wildman–Crippen MR) is 110 cm³/mol. The van der Waals surface area contributed by atoms with E-state index < -0.39 is 10.0 Å². The number of carbonyl (C=O) groups excluding carboxylic acids is 2. The fourth-order valence-corrected chi connectivity index (χ4v) is 6.13. The van der Waals surface area contributed by atoms with E-state index >= 15 is 0 Å². The molecule has 0 aliphatic carbocycles. The minimum Gasteiger partial charge on any atom is -0.342 e. The molecule has 0 N–H and O–H groups in total. The van der Waals surface area contributed by atoms with E-state index in [1.54, 1.807) is 29.2 Å². The van der Waals surface area contributed by atoms with Crippen molar-refractivity contribution >= 4 is 27.5 Å². The average Bonchev–Trinajstić information content (AvgIpc) is 3.20. The Hall–Kier alpha value is -1.93. The van der Waals surface area contributed by atoms with E-state index in [1.165, 1.54) is 4.31 Å². The number of hydrogen-bond donors (Lipinski definition) is 0. The highest BCUT2D eigenvalue weighted by atomic mass is 32.2. The van der Waals surface area contributed by atoms with Gasteiger partial charge in [0.2, 0.25) is 21.8 Å². The monoisotopic (exact) mass is 419 g/mol. The molecule has 1 aromatic carbocycles. The summed E-state index contributed by atoms with van der Waals surface area (Å²) < 4.78 is 27.8. The summed E-state index contributed by atoms with van der Waals surface area (Å²) in [4.78, 5) is 28.6. The molecule has 0 spiro atoms. The third-order valence-electron chi connectivity index (χ3n) is 6.26. The van der Waals surface area contributed by atoms with E-state index in [1.807, 2.05) is 4.90 Å². The number of sulfonamides is 1. The molecule has 0 radical (unpaired) electrons. The van der Waals surface area contributed by atoms with Crippen LogP contribution in [-0.2, 0) is 19.6 Å². The molecule has 3 heterocycles. The molecule has 0 aromatic heterocycles. The van der Waals surface area contributed by atoms with Crippen molar-refractivity contribution in [2.75, 3.05) is 37.6 Å². The third-order valence-corrected chi connectivity index (χ3v) is 8.14. The zero-order valence-electron chi connectivity index (χ0n) is 16.8. The molecule has 3 aliphatic rings. The topological polar surface area (TPSA) is 78.0 Å². The summed E-state index contributed by atoms with van der Waals surface area (Å²) >= 11 is 0. The second kappa shape index (κ2) is 8.44. The molecule has 3 aliphatic heterocycles. The van der Waals surface area contributed by atoms with Crippen LogP contribution in [0.3, 0.4) is 0 Å². The lowest BCUT2D eigenvalue weighted by atomic mass is 9.97. The first kappa shape index (κ1) is 20.3. The summed E-state index contributed by atoms with van der Waals surface area (Å²) in [6.45, 7) is 2.96. The van der Waals surface area contributed by atoms with Gasteiger partial charge in [-0.3, -0.25) is 9.59 Å². The zero-order valence-corrected chi connectivity index (χ0v) is 17.6. The van der Waals surface area contributed by atoms with Crippen LogP contribution < -0.4 is 4.90 Å². The molecule has 29 heavy (non-hydrogen) atoms. The normalized spacial score (nSPS) is 24.1. The minimum atomic E-state index is -3.65. The van der Waals surface area contributed by atoms with Gasteiger partial charge in [0, 0.05) is 44.8 Å². The largest absolute Gasteiger partial charge is 0.342 e. The van der Waals surface area contributed by atoms with Gasteiger partial charge in [-0.15, -0.1) is 0 Å². The second-order valence-electron chi connectivity index (χ2n) is 8.23. The SMILES string of the molecule is O=C([C@@H]1CCCN(S(=O)(=O)c2ccc(N3CCCC3=O)cc2)C1)N1CCCCC1. The van der Waals surface area contributed by atoms with Crippen LogP contribution in [0.5, 0.6) is 0 Å². The Balaban J connectivity index is 1.46. The number of benzene rings is 1. The van der Waals surface area contributed by atoms with Gasteiger partial charge in [-0.05, 0) is 62.8 Å². The number of carbonyl (C=O) groups is 2. The molecule has 0 bridgehead atoms. The molecule has 3 fully saturated rings. The first-order valence-electron chi connectivity index (χ1n) is 10.7. The number of rotatable bonds is 4. The van der Waals surface area contributed by atoms with Gasteiger partial charge >= 0.3 is 0 Å². The molecule has 7 nitrogen and oxygen atoms in total. The van der Waals surface area contributed by atoms with Crippen molar-refractivity contribution in [1.82, 2.24) is 9.21 Å². The van der Waals surface area contributed by atoms with Gasteiger partial charge in [-0.2, -0.15) is 4.31 Å². The number of hydrogen-bond acceptors (Lipinski definition) is 4. The smallest absolute Gasteiger partial charge is 0.243 e. The summed E-state index contributed by atoms with van der Waals surface area (Å²) in [5, 5.41) is 0. The Bertz CT molecular complexity index is 862. The van der Waals surface area contributed by atoms with Gasteiger partial charge < -0.3 is 9.80 Å². The van der Waals surface area contributed by atoms with Crippen LogP contribution in [0.15, 0.2) is 29.2 Å². The number of anilines is 1. The summed E-state index contributed by atoms with van der Waals surface area (Å²) in [6.07, 6.45) is 6.05. The van der Waals surface area contributed by atoms with Crippen molar-refractivity contribution in [3.05, 3.63) is 24.3 Å². The summed E-state index contributed by atoms with van der Waals surface area (Å²) in [6, 6.07) is 6.56. The van der Waals surface area contributed by atoms with Gasteiger partial charge in [0.25, 0.3) is 0 Å². The lowest BCUT2D eigenvalue weighted by molar-refractivity contribution is -0.137. The summed E-state index contributed by atoms with van der Waals surface area (Å²) in [7, 11) is -3.65. The van der Waals surface area contributed by atoms with Crippen LogP contribution in [0.2, 0.25) is 0 Å². The van der Waals surface area contributed by atoms with Crippen LogP contribution in [-0.4, -0.2) is 62.2 Å². The van der Waals surface area contributed by atoms with Gasteiger partial charge in [-0.1, -0.05) is 0 Å². The molecule has 2 amide bonds. The standard InChI is InChI=1S/C21H29N3O4S/c25-20-7-5-15-24(20)18-8-10-19(11-9-18)29(27,28)23-14-4-6-17(16-23)21(26)22-12-2-1-3-13-22/h8-11,17H,1-7,12-16H2/t17-/m1/s1. The van der Waals surface area contributed by atoms with Crippen molar-refractivity contribution in [2.24, 2.45) is 5.92 Å². The van der Waals surface area contributed by atoms with Gasteiger partial charge in [0.15, 0.2) is 0 Å². The number of nitrogens with zero attached hydrogens (tertiary/aromatic N) is 3. The fourth-order valence-electron chi connectivity index (χ4n) is 4.60. The number of piperidine rings is 2. The molecular weight excluding hydrogens is 390 g/mol. The maximum absolute atomic E-state index is 13.1. The van der Waals surface area contributed by atoms with Crippen molar-refractivity contribution < 1.29 is 18.0 Å². The lowest BCUT2D eigenvalue weighted by Crippen LogP contribution is -2.47. The van der Waals surface area contributed by atoms with Gasteiger partial charge in [0.1, 0.15) is 0 Å². The highest BCUT2D eigenvalue weighted by Gasteiger charge is 2.35. The van der Waals surface area contributed by atoms with Crippen LogP contribution in [0.4, 0.5) is 5.69 Å². The van der Waals surface area contributed by atoms with Crippen LogP contribution in [0.25, 0.3) is 0 Å². The molecule has 1 aromatic rings. The van der Waals surface area contributed by atoms with E-state index in [0.717, 1.165) is 50.9 Å².